The van der Waals surface area contributed by atoms with Crippen molar-refractivity contribution in [3.63, 3.8) is 0 Å². The fraction of sp³-hybridized carbons (Fsp3) is 0.655. The normalized spacial score (nSPS) is 35.7. The van der Waals surface area contributed by atoms with E-state index in [0.29, 0.717) is 63.4 Å². The number of rotatable bonds is 9. The summed E-state index contributed by atoms with van der Waals surface area (Å²) in [4.78, 5) is 95.9. The van der Waals surface area contributed by atoms with Crippen LogP contribution in [-0.2, 0) is 52.4 Å². The Hall–Kier alpha value is -5.44. The summed E-state index contributed by atoms with van der Waals surface area (Å²) in [5, 5.41) is 34.6. The third-order valence-corrected chi connectivity index (χ3v) is 15.9. The van der Waals surface area contributed by atoms with Crippen molar-refractivity contribution in [1.29, 1.82) is 0 Å². The number of allylic oxidation sites excluding steroid dienone is 6. The lowest BCUT2D eigenvalue weighted by Crippen LogP contribution is -2.61. The van der Waals surface area contributed by atoms with Crippen molar-refractivity contribution in [1.82, 2.24) is 4.90 Å². The fourth-order valence-corrected chi connectivity index (χ4v) is 11.1. The van der Waals surface area contributed by atoms with Gasteiger partial charge in [0, 0.05) is 70.6 Å². The molecule has 1 aromatic carbocycles. The van der Waals surface area contributed by atoms with Crippen molar-refractivity contribution in [2.45, 2.75) is 180 Å². The number of hydrogen-bond donors (Lipinski definition) is 2. The molecule has 426 valence electrons. The Balaban J connectivity index is 1.42. The van der Waals surface area contributed by atoms with Crippen LogP contribution in [0.4, 0.5) is 10.5 Å². The number of nitro benzene ring substituents is 1. The van der Waals surface area contributed by atoms with E-state index in [1.807, 2.05) is 51.2 Å². The van der Waals surface area contributed by atoms with Crippen LogP contribution in [0, 0.1) is 45.6 Å². The second-order valence-electron chi connectivity index (χ2n) is 21.8. The Bertz CT molecular complexity index is 2350. The molecule has 1 amide bonds. The van der Waals surface area contributed by atoms with Gasteiger partial charge in [-0.3, -0.25) is 29.3 Å². The SMILES string of the molecule is CO[C@H]1C[C@@H]2CC[C@@H](C)[C@@](O)(O2)C(=O)C(=O)N2CCCC[C@H]2C(=O)O[C@H]([C@H](C)C[C@@H]2CC[C@@H](OC(=O)Oc3ccc([N+](=O)[O-])cc3)[C@H](OC)C2)CC(=O)[C@H](C)/C=C(\C)[C@@H](O)[C@@H](OC)C(=O)[C@H](C)C[C@H](C)/C=C/C=C/C=C/1C. The molecule has 0 radical (unpaired) electrons. The number of ketones is 3. The molecule has 3 heterocycles. The topological polar surface area (TPSA) is 254 Å². The summed E-state index contributed by atoms with van der Waals surface area (Å²) in [6.07, 6.45) is 8.42. The highest BCUT2D eigenvalue weighted by Crippen LogP contribution is 2.38. The van der Waals surface area contributed by atoms with Crippen LogP contribution >= 0.6 is 0 Å². The summed E-state index contributed by atoms with van der Waals surface area (Å²) >= 11 is 0. The van der Waals surface area contributed by atoms with E-state index >= 15 is 0 Å². The van der Waals surface area contributed by atoms with Crippen molar-refractivity contribution < 1.29 is 77.1 Å². The number of Topliss-reactive ketones (excluding diaryl/α,β-unsaturated/α-hetero) is 3. The standard InChI is InChI=1S/C58H82N2O17/c1-34-16-12-11-13-17-35(2)48(71-8)32-44-23-19-40(7)58(68,77-44)54(64)55(65)59-27-15-14-18-45(59)56(66)75-49(33-46(61)36(3)29-39(6)52(63)53(73-10)51(62)38(5)28-34)37(4)30-41-20-26-47(50(31-41)72-9)76-57(67)74-43-24-21-42(22-25-43)60(69)70/h11-13,16-17,21-22,24-25,29,34,36-38,40-41,44-45,47-50,52-53,63,68H,14-15,18-20,23,26-28,30-33H2,1-10H3/b13-11+,16-12+,35-17+,39-29+/t34-,36-,37-,38-,40-,41+,44+,45+,47-,48+,49+,50-,52-,53+,58-/m1/s1. The Kier molecular flexibility index (Phi) is 23.5. The van der Waals surface area contributed by atoms with Crippen LogP contribution in [0.25, 0.3) is 0 Å². The molecule has 19 heteroatoms. The maximum absolute atomic E-state index is 14.6. The van der Waals surface area contributed by atoms with Gasteiger partial charge in [-0.05, 0) is 119 Å². The number of fused-ring (bicyclic) bond motifs is 3. The second-order valence-corrected chi connectivity index (χ2v) is 21.8. The lowest BCUT2D eigenvalue weighted by Gasteiger charge is -2.42. The van der Waals surface area contributed by atoms with Gasteiger partial charge in [-0.2, -0.15) is 0 Å². The van der Waals surface area contributed by atoms with Crippen molar-refractivity contribution in [3.05, 3.63) is 82.0 Å². The fourth-order valence-electron chi connectivity index (χ4n) is 11.1. The average Bonchev–Trinajstić information content (AvgIpc) is 3.41. The number of piperidine rings is 1. The van der Waals surface area contributed by atoms with Gasteiger partial charge in [0.15, 0.2) is 5.78 Å². The maximum atomic E-state index is 14.6. The number of carbonyl (C=O) groups is 6. The smallest absolute Gasteiger partial charge is 0.460 e. The maximum Gasteiger partial charge on any atom is 0.514 e. The summed E-state index contributed by atoms with van der Waals surface area (Å²) in [6, 6.07) is 3.77. The third kappa shape index (κ3) is 16.8. The first-order chi connectivity index (χ1) is 36.5. The predicted molar refractivity (Wildman–Crippen MR) is 283 cm³/mol. The van der Waals surface area contributed by atoms with Crippen LogP contribution in [0.2, 0.25) is 0 Å². The van der Waals surface area contributed by atoms with E-state index in [0.717, 1.165) is 10.5 Å². The molecule has 1 saturated carbocycles. The number of aliphatic hydroxyl groups is 2. The van der Waals surface area contributed by atoms with E-state index < -0.39 is 107 Å². The molecule has 1 aromatic rings. The molecule has 15 atom stereocenters. The number of ether oxygens (including phenoxy) is 7. The van der Waals surface area contributed by atoms with E-state index in [9.17, 15) is 49.1 Å². The summed E-state index contributed by atoms with van der Waals surface area (Å²) < 4.78 is 40.6. The minimum absolute atomic E-state index is 0.0150. The zero-order valence-electron chi connectivity index (χ0n) is 46.5. The Labute approximate surface area is 452 Å². The van der Waals surface area contributed by atoms with Crippen LogP contribution in [0.15, 0.2) is 71.9 Å². The molecule has 0 unspecified atom stereocenters. The molecule has 5 rings (SSSR count). The molecule has 3 fully saturated rings. The molecule has 2 N–H and O–H groups in total. The predicted octanol–water partition coefficient (Wildman–Crippen LogP) is 8.31. The highest BCUT2D eigenvalue weighted by atomic mass is 16.7. The van der Waals surface area contributed by atoms with E-state index in [4.69, 9.17) is 33.2 Å². The zero-order valence-corrected chi connectivity index (χ0v) is 46.5. The second kappa shape index (κ2) is 29.0. The highest BCUT2D eigenvalue weighted by Gasteiger charge is 2.53. The lowest BCUT2D eigenvalue weighted by atomic mass is 9.78. The number of nitrogens with zero attached hydrogens (tertiary/aromatic N) is 2. The first kappa shape index (κ1) is 62.4. The molecular weight excluding hydrogens is 997 g/mol. The van der Waals surface area contributed by atoms with Crippen molar-refractivity contribution >= 4 is 41.1 Å². The molecule has 3 aliphatic heterocycles. The van der Waals surface area contributed by atoms with Gasteiger partial charge in [0.1, 0.15) is 42.0 Å². The van der Waals surface area contributed by atoms with E-state index in [-0.39, 0.29) is 60.6 Å². The number of amides is 1. The number of aliphatic hydroxyl groups excluding tert-OH is 1. The quantitative estimate of drug-likeness (QED) is 0.0589. The van der Waals surface area contributed by atoms with Gasteiger partial charge in [0.25, 0.3) is 17.4 Å². The molecule has 0 spiro atoms. The van der Waals surface area contributed by atoms with E-state index in [1.165, 1.54) is 38.5 Å². The number of cyclic esters (lactones) is 1. The first-order valence-electron chi connectivity index (χ1n) is 27.1. The van der Waals surface area contributed by atoms with E-state index in [1.54, 1.807) is 40.9 Å². The largest absolute Gasteiger partial charge is 0.514 e. The number of carbonyl (C=O) groups excluding carboxylic acids is 6. The lowest BCUT2D eigenvalue weighted by molar-refractivity contribution is -0.384. The van der Waals surface area contributed by atoms with Crippen molar-refractivity contribution in [3.8, 4) is 5.75 Å². The number of esters is 1. The van der Waals surface area contributed by atoms with Crippen LogP contribution in [0.1, 0.15) is 126 Å². The Morgan fingerprint density at radius 2 is 1.58 bits per heavy atom. The van der Waals surface area contributed by atoms with Crippen LogP contribution < -0.4 is 4.74 Å². The monoisotopic (exact) mass is 1080 g/mol. The number of hydrogen-bond acceptors (Lipinski definition) is 17. The average molecular weight is 1080 g/mol. The molecule has 4 aliphatic rings. The van der Waals surface area contributed by atoms with E-state index in [2.05, 4.69) is 0 Å². The Morgan fingerprint density at radius 3 is 2.25 bits per heavy atom. The Morgan fingerprint density at radius 1 is 0.870 bits per heavy atom. The summed E-state index contributed by atoms with van der Waals surface area (Å²) in [7, 11) is 4.41. The number of non-ortho nitro benzene ring substituents is 1. The van der Waals surface area contributed by atoms with Crippen LogP contribution in [0.5, 0.6) is 5.75 Å². The number of methoxy groups -OCH3 is 3. The minimum Gasteiger partial charge on any atom is -0.460 e. The number of nitro groups is 1. The van der Waals surface area contributed by atoms with Crippen molar-refractivity contribution in [2.24, 2.45) is 35.5 Å². The molecule has 2 bridgehead atoms. The molecular formula is C58H82N2O17. The first-order valence-corrected chi connectivity index (χ1v) is 27.1. The zero-order chi connectivity index (χ0) is 56.7. The third-order valence-electron chi connectivity index (χ3n) is 15.9. The van der Waals surface area contributed by atoms with Gasteiger partial charge >= 0.3 is 12.1 Å². The molecule has 77 heavy (non-hydrogen) atoms. The molecule has 2 saturated heterocycles. The van der Waals surface area contributed by atoms with Gasteiger partial charge in [-0.1, -0.05) is 71.1 Å². The molecule has 19 nitrogen and oxygen atoms in total. The van der Waals surface area contributed by atoms with Crippen molar-refractivity contribution in [2.75, 3.05) is 27.9 Å². The van der Waals surface area contributed by atoms with Gasteiger partial charge in [-0.15, -0.1) is 0 Å². The van der Waals surface area contributed by atoms with Gasteiger partial charge in [-0.25, -0.2) is 9.59 Å². The molecule has 1 aliphatic carbocycles. The summed E-state index contributed by atoms with van der Waals surface area (Å²) in [5.74, 6) is -8.71. The number of benzene rings is 1. The van der Waals surface area contributed by atoms with Gasteiger partial charge in [0.05, 0.1) is 23.2 Å². The molecule has 0 aromatic heterocycles. The van der Waals surface area contributed by atoms with Gasteiger partial charge in [0.2, 0.25) is 5.79 Å². The highest BCUT2D eigenvalue weighted by molar-refractivity contribution is 6.39. The summed E-state index contributed by atoms with van der Waals surface area (Å²) in [6.45, 7) is 12.5. The van der Waals surface area contributed by atoms with Crippen LogP contribution in [-0.4, -0.2) is 138 Å². The van der Waals surface area contributed by atoms with Crippen LogP contribution in [0.3, 0.4) is 0 Å². The van der Waals surface area contributed by atoms with Gasteiger partial charge < -0.3 is 48.3 Å². The summed E-state index contributed by atoms with van der Waals surface area (Å²) in [5.41, 5.74) is 1.03. The minimum atomic E-state index is -2.48.